The molecule has 1 unspecified atom stereocenters. The van der Waals surface area contributed by atoms with Crippen molar-refractivity contribution < 1.29 is 9.47 Å². The van der Waals surface area contributed by atoms with Crippen molar-refractivity contribution in [2.45, 2.75) is 25.7 Å². The van der Waals surface area contributed by atoms with Crippen LogP contribution >= 0.6 is 0 Å². The van der Waals surface area contributed by atoms with Gasteiger partial charge in [0.2, 0.25) is 0 Å². The summed E-state index contributed by atoms with van der Waals surface area (Å²) in [4.78, 5) is 0. The normalized spacial score (nSPS) is 11.5. The van der Waals surface area contributed by atoms with Crippen LogP contribution in [-0.4, -0.2) is 13.7 Å². The predicted molar refractivity (Wildman–Crippen MR) is 87.3 cm³/mol. The molecule has 0 N–H and O–H groups in total. The summed E-state index contributed by atoms with van der Waals surface area (Å²) in [5.74, 6) is 1.55. The first kappa shape index (κ1) is 15.9. The van der Waals surface area contributed by atoms with Gasteiger partial charge in [0, 0.05) is 6.42 Å². The number of benzene rings is 2. The summed E-state index contributed by atoms with van der Waals surface area (Å²) >= 11 is 0. The number of ether oxygens (including phenoxy) is 2. The Morgan fingerprint density at radius 1 is 1.09 bits per heavy atom. The van der Waals surface area contributed by atoms with E-state index in [1.165, 1.54) is 5.56 Å². The molecule has 22 heavy (non-hydrogen) atoms. The molecule has 0 radical (unpaired) electrons. The lowest BCUT2D eigenvalue weighted by Crippen LogP contribution is -2.05. The fourth-order valence-electron chi connectivity index (χ4n) is 2.37. The van der Waals surface area contributed by atoms with Crippen molar-refractivity contribution in [3.8, 4) is 17.6 Å². The zero-order valence-corrected chi connectivity index (χ0v) is 13.1. The van der Waals surface area contributed by atoms with Crippen molar-refractivity contribution in [2.75, 3.05) is 13.7 Å². The number of para-hydroxylation sites is 1. The van der Waals surface area contributed by atoms with Gasteiger partial charge < -0.3 is 9.47 Å². The lowest BCUT2D eigenvalue weighted by Gasteiger charge is -2.13. The minimum atomic E-state index is -0.167. The second kappa shape index (κ2) is 8.09. The maximum atomic E-state index is 9.37. The Morgan fingerprint density at radius 3 is 2.45 bits per heavy atom. The third-order valence-corrected chi connectivity index (χ3v) is 3.69. The van der Waals surface area contributed by atoms with E-state index in [0.717, 1.165) is 23.5 Å². The minimum absolute atomic E-state index is 0.167. The standard InChI is InChI=1S/C19H21NO2/c1-3-15-6-4-5-7-19(15)22-13-12-17(14-20)16-8-10-18(21-2)11-9-16/h4-11,17H,3,12-13H2,1-2H3. The molecule has 0 aliphatic carbocycles. The molecule has 114 valence electrons. The Morgan fingerprint density at radius 2 is 1.82 bits per heavy atom. The molecule has 0 saturated heterocycles. The fraction of sp³-hybridized carbons (Fsp3) is 0.316. The first-order valence-electron chi connectivity index (χ1n) is 7.52. The monoisotopic (exact) mass is 295 g/mol. The second-order valence-corrected chi connectivity index (χ2v) is 5.05. The van der Waals surface area contributed by atoms with E-state index in [4.69, 9.17) is 9.47 Å². The van der Waals surface area contributed by atoms with Gasteiger partial charge in [0.05, 0.1) is 25.7 Å². The highest BCUT2D eigenvalue weighted by Crippen LogP contribution is 2.23. The van der Waals surface area contributed by atoms with Gasteiger partial charge in [-0.3, -0.25) is 0 Å². The molecule has 2 aromatic rings. The van der Waals surface area contributed by atoms with Crippen LogP contribution in [0.25, 0.3) is 0 Å². The van der Waals surface area contributed by atoms with Crippen LogP contribution in [0.1, 0.15) is 30.4 Å². The van der Waals surface area contributed by atoms with Crippen LogP contribution in [0.4, 0.5) is 0 Å². The number of nitrogens with zero attached hydrogens (tertiary/aromatic N) is 1. The molecular formula is C19H21NO2. The average Bonchev–Trinajstić information content (AvgIpc) is 2.59. The van der Waals surface area contributed by atoms with Crippen molar-refractivity contribution in [3.05, 3.63) is 59.7 Å². The van der Waals surface area contributed by atoms with Gasteiger partial charge in [0.1, 0.15) is 11.5 Å². The van der Waals surface area contributed by atoms with E-state index in [0.29, 0.717) is 13.0 Å². The van der Waals surface area contributed by atoms with Crippen LogP contribution < -0.4 is 9.47 Å². The molecule has 0 aliphatic heterocycles. The Hall–Kier alpha value is -2.47. The average molecular weight is 295 g/mol. The third-order valence-electron chi connectivity index (χ3n) is 3.69. The highest BCUT2D eigenvalue weighted by atomic mass is 16.5. The molecule has 0 amide bonds. The second-order valence-electron chi connectivity index (χ2n) is 5.05. The van der Waals surface area contributed by atoms with Crippen molar-refractivity contribution >= 4 is 0 Å². The van der Waals surface area contributed by atoms with E-state index in [9.17, 15) is 5.26 Å². The topological polar surface area (TPSA) is 42.2 Å². The van der Waals surface area contributed by atoms with Gasteiger partial charge >= 0.3 is 0 Å². The largest absolute Gasteiger partial charge is 0.497 e. The molecule has 0 aromatic heterocycles. The summed E-state index contributed by atoms with van der Waals surface area (Å²) in [5, 5.41) is 9.37. The fourth-order valence-corrected chi connectivity index (χ4v) is 2.37. The van der Waals surface area contributed by atoms with Crippen LogP contribution in [0, 0.1) is 11.3 Å². The minimum Gasteiger partial charge on any atom is -0.497 e. The summed E-state index contributed by atoms with van der Waals surface area (Å²) in [5.41, 5.74) is 2.19. The van der Waals surface area contributed by atoms with Crippen molar-refractivity contribution in [2.24, 2.45) is 0 Å². The van der Waals surface area contributed by atoms with Crippen LogP contribution in [0.2, 0.25) is 0 Å². The van der Waals surface area contributed by atoms with Crippen LogP contribution in [0.3, 0.4) is 0 Å². The summed E-state index contributed by atoms with van der Waals surface area (Å²) < 4.78 is 11.0. The molecule has 2 rings (SSSR count). The lowest BCUT2D eigenvalue weighted by atomic mass is 9.97. The highest BCUT2D eigenvalue weighted by Gasteiger charge is 2.11. The highest BCUT2D eigenvalue weighted by molar-refractivity contribution is 5.34. The Bertz CT molecular complexity index is 629. The Kier molecular flexibility index (Phi) is 5.85. The smallest absolute Gasteiger partial charge is 0.122 e. The van der Waals surface area contributed by atoms with E-state index in [-0.39, 0.29) is 5.92 Å². The van der Waals surface area contributed by atoms with Gasteiger partial charge in [0.25, 0.3) is 0 Å². The summed E-state index contributed by atoms with van der Waals surface area (Å²) in [6.45, 7) is 2.64. The van der Waals surface area contributed by atoms with Gasteiger partial charge in [-0.15, -0.1) is 0 Å². The number of rotatable bonds is 7. The molecule has 2 aromatic carbocycles. The first-order valence-corrected chi connectivity index (χ1v) is 7.52. The van der Waals surface area contributed by atoms with Gasteiger partial charge in [-0.1, -0.05) is 37.3 Å². The maximum Gasteiger partial charge on any atom is 0.122 e. The number of methoxy groups -OCH3 is 1. The van der Waals surface area contributed by atoms with Gasteiger partial charge in [-0.05, 0) is 35.7 Å². The van der Waals surface area contributed by atoms with E-state index in [1.807, 2.05) is 42.5 Å². The van der Waals surface area contributed by atoms with E-state index in [2.05, 4.69) is 19.1 Å². The molecule has 0 bridgehead atoms. The van der Waals surface area contributed by atoms with E-state index in [1.54, 1.807) is 7.11 Å². The van der Waals surface area contributed by atoms with Gasteiger partial charge in [-0.25, -0.2) is 0 Å². The Labute approximate surface area is 132 Å². The molecular weight excluding hydrogens is 274 g/mol. The molecule has 0 fully saturated rings. The summed E-state index contributed by atoms with van der Waals surface area (Å²) in [7, 11) is 1.63. The molecule has 3 heteroatoms. The zero-order valence-electron chi connectivity index (χ0n) is 13.1. The molecule has 0 saturated carbocycles. The number of nitriles is 1. The van der Waals surface area contributed by atoms with E-state index < -0.39 is 0 Å². The predicted octanol–water partition coefficient (Wildman–Crippen LogP) is 4.33. The van der Waals surface area contributed by atoms with Crippen molar-refractivity contribution in [3.63, 3.8) is 0 Å². The van der Waals surface area contributed by atoms with Gasteiger partial charge in [-0.2, -0.15) is 5.26 Å². The van der Waals surface area contributed by atoms with Crippen molar-refractivity contribution in [1.29, 1.82) is 5.26 Å². The zero-order chi connectivity index (χ0) is 15.8. The maximum absolute atomic E-state index is 9.37. The van der Waals surface area contributed by atoms with Crippen LogP contribution in [0.5, 0.6) is 11.5 Å². The molecule has 0 aliphatic rings. The Balaban J connectivity index is 1.95. The SMILES string of the molecule is CCc1ccccc1OCCC(C#N)c1ccc(OC)cc1. The summed E-state index contributed by atoms with van der Waals surface area (Å²) in [6.07, 6.45) is 1.61. The molecule has 3 nitrogen and oxygen atoms in total. The number of hydrogen-bond donors (Lipinski definition) is 0. The van der Waals surface area contributed by atoms with Crippen molar-refractivity contribution in [1.82, 2.24) is 0 Å². The molecule has 0 heterocycles. The number of aryl methyl sites for hydroxylation is 1. The van der Waals surface area contributed by atoms with Crippen LogP contribution in [0.15, 0.2) is 48.5 Å². The quantitative estimate of drug-likeness (QED) is 0.763. The molecule has 1 atom stereocenters. The number of hydrogen-bond acceptors (Lipinski definition) is 3. The first-order chi connectivity index (χ1) is 10.8. The van der Waals surface area contributed by atoms with Gasteiger partial charge in [0.15, 0.2) is 0 Å². The third kappa shape index (κ3) is 4.02. The van der Waals surface area contributed by atoms with Crippen LogP contribution in [-0.2, 0) is 6.42 Å². The summed E-state index contributed by atoms with van der Waals surface area (Å²) in [6, 6.07) is 18.0. The van der Waals surface area contributed by atoms with E-state index >= 15 is 0 Å². The lowest BCUT2D eigenvalue weighted by molar-refractivity contribution is 0.303. The molecule has 0 spiro atoms.